The van der Waals surface area contributed by atoms with Crippen molar-refractivity contribution in [2.45, 2.75) is 39.5 Å². The van der Waals surface area contributed by atoms with Gasteiger partial charge in [-0.05, 0) is 18.1 Å². The zero-order valence-electron chi connectivity index (χ0n) is 10.2. The number of nitrogens with one attached hydrogen (secondary N) is 1. The standard InChI is InChI=1S/C12H17N3O/c1-5-8-6-9-13-11(12(2,3)4)14-15(9)10(16)7-8/h6-7H,5H2,1-4H3,(H,13,14). The molecule has 0 aliphatic carbocycles. The number of hydrogen-bond donors (Lipinski definition) is 1. The summed E-state index contributed by atoms with van der Waals surface area (Å²) in [6.07, 6.45) is 0.851. The first-order valence-electron chi connectivity index (χ1n) is 5.54. The summed E-state index contributed by atoms with van der Waals surface area (Å²) < 4.78 is 1.50. The number of rotatable bonds is 1. The van der Waals surface area contributed by atoms with Gasteiger partial charge in [-0.3, -0.25) is 9.89 Å². The summed E-state index contributed by atoms with van der Waals surface area (Å²) in [5.41, 5.74) is 1.61. The molecule has 4 nitrogen and oxygen atoms in total. The molecule has 0 radical (unpaired) electrons. The lowest BCUT2D eigenvalue weighted by Gasteiger charge is -2.12. The molecule has 0 saturated heterocycles. The van der Waals surface area contributed by atoms with Crippen molar-refractivity contribution in [1.29, 1.82) is 0 Å². The van der Waals surface area contributed by atoms with Crippen LogP contribution in [0.25, 0.3) is 5.65 Å². The Kier molecular flexibility index (Phi) is 2.37. The van der Waals surface area contributed by atoms with Gasteiger partial charge < -0.3 is 0 Å². The van der Waals surface area contributed by atoms with E-state index < -0.39 is 0 Å². The number of nitrogens with zero attached hydrogens (tertiary/aromatic N) is 2. The van der Waals surface area contributed by atoms with Crippen molar-refractivity contribution in [3.63, 3.8) is 0 Å². The van der Waals surface area contributed by atoms with Crippen LogP contribution in [0.5, 0.6) is 0 Å². The minimum atomic E-state index is -0.0785. The molecule has 4 heteroatoms. The van der Waals surface area contributed by atoms with Crippen LogP contribution in [0.3, 0.4) is 0 Å². The van der Waals surface area contributed by atoms with E-state index in [1.807, 2.05) is 13.0 Å². The van der Waals surface area contributed by atoms with Crippen LogP contribution in [0.1, 0.15) is 39.1 Å². The van der Waals surface area contributed by atoms with Crippen molar-refractivity contribution in [3.8, 4) is 0 Å². The molecular weight excluding hydrogens is 202 g/mol. The third-order valence-corrected chi connectivity index (χ3v) is 2.64. The van der Waals surface area contributed by atoms with Crippen LogP contribution in [0.2, 0.25) is 0 Å². The highest BCUT2D eigenvalue weighted by Gasteiger charge is 2.18. The SMILES string of the molecule is CCc1cc(=O)n2[nH]c(C(C)(C)C)nc2c1. The van der Waals surface area contributed by atoms with E-state index in [-0.39, 0.29) is 11.0 Å². The lowest BCUT2D eigenvalue weighted by molar-refractivity contribution is 0.544. The van der Waals surface area contributed by atoms with Gasteiger partial charge in [0.15, 0.2) is 5.65 Å². The van der Waals surface area contributed by atoms with Crippen LogP contribution < -0.4 is 5.56 Å². The molecule has 0 aliphatic rings. The Bertz CT molecular complexity index is 572. The molecular formula is C12H17N3O. The van der Waals surface area contributed by atoms with Crippen LogP contribution in [-0.4, -0.2) is 14.6 Å². The number of H-pyrrole nitrogens is 1. The fourth-order valence-corrected chi connectivity index (χ4v) is 1.59. The Hall–Kier alpha value is -1.58. The number of fused-ring (bicyclic) bond motifs is 1. The van der Waals surface area contributed by atoms with E-state index in [1.165, 1.54) is 4.52 Å². The summed E-state index contributed by atoms with van der Waals surface area (Å²) in [5.74, 6) is 0.831. The molecule has 0 atom stereocenters. The van der Waals surface area contributed by atoms with Crippen molar-refractivity contribution in [2.24, 2.45) is 0 Å². The van der Waals surface area contributed by atoms with Crippen molar-refractivity contribution in [3.05, 3.63) is 33.9 Å². The van der Waals surface area contributed by atoms with Gasteiger partial charge in [0.25, 0.3) is 5.56 Å². The van der Waals surface area contributed by atoms with E-state index in [0.717, 1.165) is 17.8 Å². The van der Waals surface area contributed by atoms with Gasteiger partial charge in [0.05, 0.1) is 0 Å². The van der Waals surface area contributed by atoms with Crippen molar-refractivity contribution < 1.29 is 0 Å². The molecule has 0 fully saturated rings. The summed E-state index contributed by atoms with van der Waals surface area (Å²) >= 11 is 0. The predicted octanol–water partition coefficient (Wildman–Crippen LogP) is 1.88. The van der Waals surface area contributed by atoms with Gasteiger partial charge in [-0.15, -0.1) is 0 Å². The molecule has 2 heterocycles. The molecule has 0 bridgehead atoms. The molecule has 2 rings (SSSR count). The molecule has 1 N–H and O–H groups in total. The van der Waals surface area contributed by atoms with E-state index in [1.54, 1.807) is 6.07 Å². The Morgan fingerprint density at radius 1 is 1.38 bits per heavy atom. The van der Waals surface area contributed by atoms with E-state index >= 15 is 0 Å². The molecule has 2 aromatic heterocycles. The zero-order valence-corrected chi connectivity index (χ0v) is 10.2. The van der Waals surface area contributed by atoms with Gasteiger partial charge in [0, 0.05) is 11.5 Å². The first-order valence-corrected chi connectivity index (χ1v) is 5.54. The lowest BCUT2D eigenvalue weighted by Crippen LogP contribution is -2.16. The van der Waals surface area contributed by atoms with Crippen LogP contribution >= 0.6 is 0 Å². The monoisotopic (exact) mass is 219 g/mol. The van der Waals surface area contributed by atoms with Gasteiger partial charge >= 0.3 is 0 Å². The fourth-order valence-electron chi connectivity index (χ4n) is 1.59. The minimum Gasteiger partial charge on any atom is -0.276 e. The van der Waals surface area contributed by atoms with Gasteiger partial charge in [-0.1, -0.05) is 27.7 Å². The minimum absolute atomic E-state index is 0.0441. The van der Waals surface area contributed by atoms with Crippen LogP contribution in [0, 0.1) is 0 Å². The summed E-state index contributed by atoms with van der Waals surface area (Å²) in [5, 5.41) is 3.05. The predicted molar refractivity (Wildman–Crippen MR) is 63.9 cm³/mol. The highest BCUT2D eigenvalue weighted by Crippen LogP contribution is 2.18. The summed E-state index contributed by atoms with van der Waals surface area (Å²) in [6, 6.07) is 3.60. The molecule has 0 unspecified atom stereocenters. The second-order valence-corrected chi connectivity index (χ2v) is 5.07. The number of aromatic nitrogens is 3. The van der Waals surface area contributed by atoms with E-state index in [0.29, 0.717) is 5.65 Å². The van der Waals surface area contributed by atoms with E-state index in [9.17, 15) is 4.79 Å². The van der Waals surface area contributed by atoms with Gasteiger partial charge in [0.2, 0.25) is 0 Å². The average molecular weight is 219 g/mol. The van der Waals surface area contributed by atoms with Crippen molar-refractivity contribution in [2.75, 3.05) is 0 Å². The summed E-state index contributed by atoms with van der Waals surface area (Å²) in [6.45, 7) is 8.23. The quantitative estimate of drug-likeness (QED) is 0.796. The number of pyridine rings is 1. The zero-order chi connectivity index (χ0) is 11.9. The number of hydrogen-bond acceptors (Lipinski definition) is 2. The fraction of sp³-hybridized carbons (Fsp3) is 0.500. The second-order valence-electron chi connectivity index (χ2n) is 5.07. The topological polar surface area (TPSA) is 50.2 Å². The molecule has 0 saturated carbocycles. The maximum Gasteiger partial charge on any atom is 0.271 e. The van der Waals surface area contributed by atoms with Crippen LogP contribution in [-0.2, 0) is 11.8 Å². The van der Waals surface area contributed by atoms with E-state index in [2.05, 4.69) is 30.9 Å². The van der Waals surface area contributed by atoms with Crippen molar-refractivity contribution in [1.82, 2.24) is 14.6 Å². The third kappa shape index (κ3) is 1.75. The van der Waals surface area contributed by atoms with Gasteiger partial charge in [-0.25, -0.2) is 9.50 Å². The van der Waals surface area contributed by atoms with Crippen molar-refractivity contribution >= 4 is 5.65 Å². The second kappa shape index (κ2) is 3.47. The maximum absolute atomic E-state index is 11.8. The molecule has 86 valence electrons. The molecule has 0 aromatic carbocycles. The maximum atomic E-state index is 11.8. The first-order chi connectivity index (χ1) is 7.41. The van der Waals surface area contributed by atoms with E-state index in [4.69, 9.17) is 0 Å². The van der Waals surface area contributed by atoms with Gasteiger partial charge in [0.1, 0.15) is 5.82 Å². The number of aryl methyl sites for hydroxylation is 1. The van der Waals surface area contributed by atoms with Crippen LogP contribution in [0.15, 0.2) is 16.9 Å². The molecule has 0 amide bonds. The smallest absolute Gasteiger partial charge is 0.271 e. The summed E-state index contributed by atoms with van der Waals surface area (Å²) in [4.78, 5) is 16.3. The Morgan fingerprint density at radius 3 is 2.62 bits per heavy atom. The lowest BCUT2D eigenvalue weighted by atomic mass is 9.96. The Labute approximate surface area is 94.3 Å². The first kappa shape index (κ1) is 10.9. The Morgan fingerprint density at radius 2 is 2.06 bits per heavy atom. The largest absolute Gasteiger partial charge is 0.276 e. The van der Waals surface area contributed by atoms with Gasteiger partial charge in [-0.2, -0.15) is 0 Å². The average Bonchev–Trinajstić information content (AvgIpc) is 2.61. The third-order valence-electron chi connectivity index (χ3n) is 2.64. The Balaban J connectivity index is 2.71. The number of aromatic amines is 1. The molecule has 2 aromatic rings. The molecule has 0 spiro atoms. The summed E-state index contributed by atoms with van der Waals surface area (Å²) in [7, 11) is 0. The molecule has 16 heavy (non-hydrogen) atoms. The van der Waals surface area contributed by atoms with Crippen LogP contribution in [0.4, 0.5) is 0 Å². The highest BCUT2D eigenvalue weighted by atomic mass is 16.1. The highest BCUT2D eigenvalue weighted by molar-refractivity contribution is 5.41. The normalized spacial score (nSPS) is 12.2. The molecule has 0 aliphatic heterocycles.